The summed E-state index contributed by atoms with van der Waals surface area (Å²) in [6.07, 6.45) is 43.6. The minimum atomic E-state index is -3.07. The zero-order chi connectivity index (χ0) is 88.7. The number of rotatable bonds is 4. The van der Waals surface area contributed by atoms with E-state index in [-0.39, 0.29) is 72.5 Å². The van der Waals surface area contributed by atoms with Crippen molar-refractivity contribution < 1.29 is 31.8 Å². The van der Waals surface area contributed by atoms with Crippen molar-refractivity contribution >= 4 is 66.9 Å². The number of imidazole rings is 2. The highest BCUT2D eigenvalue weighted by molar-refractivity contribution is 9.10. The van der Waals surface area contributed by atoms with Crippen molar-refractivity contribution in [2.45, 2.75) is 298 Å². The molecule has 19 nitrogen and oxygen atoms in total. The fraction of sp³-hybridized carbons (Fsp3) is 0.556. The Morgan fingerprint density at radius 2 is 1.08 bits per heavy atom. The van der Waals surface area contributed by atoms with E-state index in [4.69, 9.17) is 24.4 Å². The van der Waals surface area contributed by atoms with E-state index >= 15 is 0 Å². The van der Waals surface area contributed by atoms with Crippen molar-refractivity contribution in [3.63, 3.8) is 0 Å². The number of hydrogen-bond acceptors (Lipinski definition) is 11. The van der Waals surface area contributed by atoms with Crippen LogP contribution < -0.4 is 4.57 Å². The van der Waals surface area contributed by atoms with Crippen LogP contribution >= 0.6 is 27.5 Å². The Morgan fingerprint density at radius 1 is 0.602 bits per heavy atom. The Labute approximate surface area is 695 Å². The van der Waals surface area contributed by atoms with E-state index < -0.39 is 20.5 Å². The Bertz CT molecular complexity index is 4220. The molecule has 628 valence electrons. The number of carbonyl (C=O) groups excluding carboxylic acids is 3. The Morgan fingerprint density at radius 3 is 1.33 bits per heavy atom. The summed E-state index contributed by atoms with van der Waals surface area (Å²) < 4.78 is 47.6. The van der Waals surface area contributed by atoms with Crippen molar-refractivity contribution in [2.75, 3.05) is 0 Å². The maximum atomic E-state index is 12.3. The van der Waals surface area contributed by atoms with Crippen molar-refractivity contribution in [2.24, 2.45) is 28.1 Å². The normalized spacial score (nSPS) is 14.4. The third-order valence-electron chi connectivity index (χ3n) is 16.5. The SMILES string of the molecule is C#Cc1ccn(C(C)(C)C)n1.C#Cc1nccn1C(C)(C)C.C=CC(=O)C(C)(C)C.C=CS(=O)(=O)C(C)(C)C.C=Cc1[nH]cc[n+]1C(C)(C)C.C=Cc1ccn(C(C)(C)C)n1.CC(C)(C)C1CC=CC(=O)C1.CC(C)(C)C1CCC=CC1=O.CC(C)(C)n1ccc(Br)n1.CC(C)(C)n1ccc(Cl)n1.CC(C)(C)n1ccc(F)n1. The number of H-pyrrole nitrogens is 1. The van der Waals surface area contributed by atoms with Gasteiger partial charge in [-0.2, -0.15) is 24.8 Å². The molecule has 0 radical (unpaired) electrons. The summed E-state index contributed by atoms with van der Waals surface area (Å²) in [5.74, 6) is 7.82. The molecule has 2 aliphatic rings. The molecular weight excluding hydrogens is 1520 g/mol. The lowest BCUT2D eigenvalue weighted by Gasteiger charge is -2.30. The van der Waals surface area contributed by atoms with Crippen LogP contribution in [0.15, 0.2) is 153 Å². The standard InChI is InChI=1S/2C10H16O.C9H14N2.C9H12N2.C9H14N2.C9H12N2.C7H11BrN2.C7H11ClN2.C7H11FN2.C7H12O.C6H12O2S/c1-10(2,3)8-5-4-6-9(11)7-8;1-10(2,3)8-6-4-5-7-9(8)11;2*1-5-8-10-6-7-11(8)9(2,3)4;2*1-5-8-6-7-11(10-8)9(2,3)4;3*1-7(2,3)10-5-4-6(8)9-10;1-5-6(8)7(2,3)4;1-5-9(7,8)6(2,3)4/h4,6,8H,5,7H2,1-3H3;5,7-8H,4,6H2,1-3H3;5-7H,1H2,2-4H3;1,6-7H,2-4H3;5-7H,1H2,2-4H3;1,6-7H,2-4H3;3*4-5H,1-3H3;5H,1H2,2-4H3;5H,1H2,2-4H3/p+1. The molecule has 113 heavy (non-hydrogen) atoms. The monoisotopic (exact) mass is 1660 g/mol. The molecule has 0 saturated carbocycles. The molecule has 0 bridgehead atoms. The number of ketones is 3. The van der Waals surface area contributed by atoms with Gasteiger partial charge in [0.05, 0.1) is 38.1 Å². The molecule has 0 aliphatic heterocycles. The summed E-state index contributed by atoms with van der Waals surface area (Å²) in [6.45, 7) is 81.4. The van der Waals surface area contributed by atoms with Crippen LogP contribution in [0.4, 0.5) is 4.39 Å². The quantitative estimate of drug-likeness (QED) is 0.0994. The third-order valence-corrected chi connectivity index (χ3v) is 19.2. The van der Waals surface area contributed by atoms with Crippen molar-refractivity contribution in [1.82, 2.24) is 63.4 Å². The van der Waals surface area contributed by atoms with Crippen LogP contribution in [0.2, 0.25) is 5.15 Å². The summed E-state index contributed by atoms with van der Waals surface area (Å²) in [5, 5.41) is 21.9. The number of terminal acetylenes is 2. The van der Waals surface area contributed by atoms with Gasteiger partial charge in [0.15, 0.2) is 38.2 Å². The molecule has 0 fully saturated rings. The van der Waals surface area contributed by atoms with Gasteiger partial charge >= 0.3 is 0 Å². The summed E-state index contributed by atoms with van der Waals surface area (Å²) in [6, 6.07) is 8.87. The third kappa shape index (κ3) is 42.0. The Balaban J connectivity index is 0. The number of aromatic amines is 1. The van der Waals surface area contributed by atoms with Gasteiger partial charge in [-0.3, -0.25) is 37.8 Å². The second-order valence-electron chi connectivity index (χ2n) is 38.1. The first kappa shape index (κ1) is 107. The van der Waals surface area contributed by atoms with Gasteiger partial charge in [-0.15, -0.1) is 17.9 Å². The fourth-order valence-corrected chi connectivity index (χ4v) is 10.1. The van der Waals surface area contributed by atoms with E-state index in [0.29, 0.717) is 28.4 Å². The van der Waals surface area contributed by atoms with E-state index in [2.05, 4.69) is 260 Å². The van der Waals surface area contributed by atoms with Gasteiger partial charge in [0.2, 0.25) is 5.95 Å². The zero-order valence-corrected chi connectivity index (χ0v) is 78.2. The lowest BCUT2D eigenvalue weighted by molar-refractivity contribution is -0.754. The predicted molar refractivity (Wildman–Crippen MR) is 474 cm³/mol. The van der Waals surface area contributed by atoms with Crippen LogP contribution in [0.5, 0.6) is 0 Å². The highest BCUT2D eigenvalue weighted by Gasteiger charge is 2.31. The smallest absolute Gasteiger partial charge is 0.279 e. The second kappa shape index (κ2) is 45.1. The molecule has 7 heterocycles. The summed E-state index contributed by atoms with van der Waals surface area (Å²) in [5.41, 5.74) is 2.05. The molecule has 9 rings (SSSR count). The summed E-state index contributed by atoms with van der Waals surface area (Å²) in [4.78, 5) is 40.2. The number of halogens is 3. The number of carbonyl (C=O) groups is 3. The topological polar surface area (TPSA) is 212 Å². The minimum absolute atomic E-state index is 0.0229. The van der Waals surface area contributed by atoms with Crippen LogP contribution in [0.25, 0.3) is 12.2 Å². The number of hydrogen-bond donors (Lipinski definition) is 1. The highest BCUT2D eigenvalue weighted by Crippen LogP contribution is 2.35. The van der Waals surface area contributed by atoms with Gasteiger partial charge in [0.25, 0.3) is 5.82 Å². The fourth-order valence-electron chi connectivity index (χ4n) is 9.22. The predicted octanol–water partition coefficient (Wildman–Crippen LogP) is 22.0. The molecule has 2 unspecified atom stereocenters. The second-order valence-corrected chi connectivity index (χ2v) is 42.0. The molecule has 0 amide bonds. The largest absolute Gasteiger partial charge is 0.319 e. The lowest BCUT2D eigenvalue weighted by atomic mass is 9.74. The summed E-state index contributed by atoms with van der Waals surface area (Å²) >= 11 is 8.93. The number of nitrogens with one attached hydrogen (secondary N) is 1. The maximum absolute atomic E-state index is 12.3. The first-order valence-corrected chi connectivity index (χ1v) is 40.7. The molecule has 2 atom stereocenters. The van der Waals surface area contributed by atoms with Crippen LogP contribution in [0, 0.1) is 58.7 Å². The lowest BCUT2D eigenvalue weighted by Crippen LogP contribution is -2.50. The number of nitrogens with zero attached hydrogens (tertiary/aromatic N) is 13. The van der Waals surface area contributed by atoms with Crippen molar-refractivity contribution in [1.29, 1.82) is 0 Å². The molecule has 23 heteroatoms. The Hall–Kier alpha value is -8.31. The van der Waals surface area contributed by atoms with Gasteiger partial charge in [-0.05, 0) is 279 Å². The van der Waals surface area contributed by atoms with Crippen molar-refractivity contribution in [3.05, 3.63) is 187 Å². The van der Waals surface area contributed by atoms with Gasteiger partial charge in [-0.1, -0.05) is 112 Å². The van der Waals surface area contributed by atoms with Gasteiger partial charge in [-0.25, -0.2) is 23.0 Å². The molecule has 0 spiro atoms. The number of sulfone groups is 1. The number of allylic oxidation sites excluding steroid dienone is 5. The minimum Gasteiger partial charge on any atom is -0.319 e. The highest BCUT2D eigenvalue weighted by atomic mass is 79.9. The zero-order valence-electron chi connectivity index (χ0n) is 75.1. The molecule has 0 aromatic carbocycles. The van der Waals surface area contributed by atoms with Crippen molar-refractivity contribution in [3.8, 4) is 24.7 Å². The van der Waals surface area contributed by atoms with E-state index in [1.807, 2.05) is 145 Å². The van der Waals surface area contributed by atoms with Crippen LogP contribution in [-0.2, 0) is 63.0 Å². The van der Waals surface area contributed by atoms with E-state index in [1.165, 1.54) is 12.1 Å². The first-order chi connectivity index (χ1) is 51.0. The van der Waals surface area contributed by atoms with E-state index in [1.54, 1.807) is 62.1 Å². The molecular formula is C90H142BrClFN14O5S+. The molecule has 7 aromatic heterocycles. The average molecular weight is 1670 g/mol. The van der Waals surface area contributed by atoms with Gasteiger partial charge < -0.3 is 4.57 Å². The molecule has 1 N–H and O–H groups in total. The van der Waals surface area contributed by atoms with Gasteiger partial charge in [0.1, 0.15) is 28.2 Å². The molecule has 7 aromatic rings. The number of aromatic nitrogens is 14. The Kier molecular flexibility index (Phi) is 42.6. The average Bonchev–Trinajstić information content (AvgIpc) is 1.26. The first-order valence-electron chi connectivity index (χ1n) is 38.0. The van der Waals surface area contributed by atoms with Crippen LogP contribution in [0.1, 0.15) is 277 Å². The van der Waals surface area contributed by atoms with E-state index in [9.17, 15) is 27.2 Å². The van der Waals surface area contributed by atoms with Crippen LogP contribution in [0.3, 0.4) is 0 Å². The molecule has 0 saturated heterocycles. The van der Waals surface area contributed by atoms with Crippen LogP contribution in [-0.4, -0.2) is 94.0 Å². The maximum Gasteiger partial charge on any atom is 0.279 e. The van der Waals surface area contributed by atoms with E-state index in [0.717, 1.165) is 47.2 Å². The van der Waals surface area contributed by atoms with Gasteiger partial charge in [0, 0.05) is 84.2 Å². The molecule has 2 aliphatic carbocycles. The summed E-state index contributed by atoms with van der Waals surface area (Å²) in [7, 11) is -3.07.